The van der Waals surface area contributed by atoms with Gasteiger partial charge in [-0.1, -0.05) is 12.1 Å². The number of para-hydroxylation sites is 2. The molecule has 0 amide bonds. The van der Waals surface area contributed by atoms with Gasteiger partial charge in [0.25, 0.3) is 0 Å². The van der Waals surface area contributed by atoms with E-state index in [1.807, 2.05) is 35.9 Å². The van der Waals surface area contributed by atoms with Crippen LogP contribution in [0.25, 0.3) is 11.0 Å². The molecule has 0 spiro atoms. The van der Waals surface area contributed by atoms with Crippen LogP contribution in [0.1, 0.15) is 5.82 Å². The van der Waals surface area contributed by atoms with Crippen molar-refractivity contribution in [3.63, 3.8) is 0 Å². The SMILES string of the molecule is Cn1c(CNc2cc(F)ccc2Br)nc2ccccc21. The largest absolute Gasteiger partial charge is 0.377 e. The Balaban J connectivity index is 1.87. The van der Waals surface area contributed by atoms with Crippen molar-refractivity contribution in [3.05, 3.63) is 58.6 Å². The fraction of sp³-hybridized carbons (Fsp3) is 0.133. The lowest BCUT2D eigenvalue weighted by Crippen LogP contribution is -2.06. The van der Waals surface area contributed by atoms with Gasteiger partial charge in [0.1, 0.15) is 11.6 Å². The standard InChI is InChI=1S/C15H13BrFN3/c1-20-14-5-3-2-4-12(14)19-15(20)9-18-13-8-10(17)6-7-11(13)16/h2-8,18H,9H2,1H3. The van der Waals surface area contributed by atoms with Crippen LogP contribution in [0.15, 0.2) is 46.9 Å². The van der Waals surface area contributed by atoms with Crippen LogP contribution < -0.4 is 5.32 Å². The second kappa shape index (κ2) is 5.25. The van der Waals surface area contributed by atoms with Crippen LogP contribution in [0.5, 0.6) is 0 Å². The molecule has 1 N–H and O–H groups in total. The highest BCUT2D eigenvalue weighted by Crippen LogP contribution is 2.24. The molecule has 0 aliphatic carbocycles. The van der Waals surface area contributed by atoms with E-state index in [1.165, 1.54) is 12.1 Å². The van der Waals surface area contributed by atoms with Crippen molar-refractivity contribution in [3.8, 4) is 0 Å². The fourth-order valence-corrected chi connectivity index (χ4v) is 2.55. The van der Waals surface area contributed by atoms with Gasteiger partial charge in [0.05, 0.1) is 23.3 Å². The smallest absolute Gasteiger partial charge is 0.128 e. The van der Waals surface area contributed by atoms with Gasteiger partial charge >= 0.3 is 0 Å². The van der Waals surface area contributed by atoms with Crippen molar-refractivity contribution < 1.29 is 4.39 Å². The lowest BCUT2D eigenvalue weighted by Gasteiger charge is -2.08. The molecule has 3 aromatic rings. The summed E-state index contributed by atoms with van der Waals surface area (Å²) in [6.07, 6.45) is 0. The number of benzene rings is 2. The zero-order valence-electron chi connectivity index (χ0n) is 10.9. The molecule has 3 rings (SSSR count). The summed E-state index contributed by atoms with van der Waals surface area (Å²) >= 11 is 3.40. The summed E-state index contributed by atoms with van der Waals surface area (Å²) in [5.41, 5.74) is 2.77. The molecule has 0 saturated carbocycles. The molecule has 5 heteroatoms. The molecule has 0 aliphatic rings. The summed E-state index contributed by atoms with van der Waals surface area (Å²) < 4.78 is 16.1. The highest BCUT2D eigenvalue weighted by atomic mass is 79.9. The second-order valence-corrected chi connectivity index (χ2v) is 5.41. The first kappa shape index (κ1) is 13.1. The second-order valence-electron chi connectivity index (χ2n) is 4.55. The summed E-state index contributed by atoms with van der Waals surface area (Å²) in [5.74, 6) is 0.642. The van der Waals surface area contributed by atoms with Gasteiger partial charge in [0.15, 0.2) is 0 Å². The molecule has 2 aromatic carbocycles. The van der Waals surface area contributed by atoms with Crippen LogP contribution in [0.2, 0.25) is 0 Å². The molecule has 0 bridgehead atoms. The quantitative estimate of drug-likeness (QED) is 0.782. The summed E-state index contributed by atoms with van der Waals surface area (Å²) in [4.78, 5) is 4.57. The number of halogens is 2. The normalized spacial score (nSPS) is 10.9. The Morgan fingerprint density at radius 2 is 2.05 bits per heavy atom. The van der Waals surface area contributed by atoms with Gasteiger partial charge in [-0.05, 0) is 46.3 Å². The molecule has 3 nitrogen and oxygen atoms in total. The molecule has 1 aromatic heterocycles. The first-order chi connectivity index (χ1) is 9.65. The molecule has 0 fully saturated rings. The first-order valence-corrected chi connectivity index (χ1v) is 7.04. The van der Waals surface area contributed by atoms with E-state index >= 15 is 0 Å². The Kier molecular flexibility index (Phi) is 3.44. The third-order valence-corrected chi connectivity index (χ3v) is 3.94. The monoisotopic (exact) mass is 333 g/mol. The minimum Gasteiger partial charge on any atom is -0.377 e. The van der Waals surface area contributed by atoms with Crippen LogP contribution in [0.3, 0.4) is 0 Å². The van der Waals surface area contributed by atoms with E-state index in [2.05, 4.69) is 26.2 Å². The van der Waals surface area contributed by atoms with E-state index in [4.69, 9.17) is 0 Å². The molecule has 0 radical (unpaired) electrons. The number of aromatic nitrogens is 2. The average Bonchev–Trinajstić information content (AvgIpc) is 2.77. The predicted octanol–water partition coefficient (Wildman–Crippen LogP) is 4.09. The number of rotatable bonds is 3. The topological polar surface area (TPSA) is 29.9 Å². The molecule has 102 valence electrons. The van der Waals surface area contributed by atoms with Crippen molar-refractivity contribution >= 4 is 32.7 Å². The molecule has 0 saturated heterocycles. The maximum Gasteiger partial charge on any atom is 0.128 e. The van der Waals surface area contributed by atoms with E-state index in [0.29, 0.717) is 6.54 Å². The number of hydrogen-bond donors (Lipinski definition) is 1. The Labute approximate surface area is 124 Å². The predicted molar refractivity (Wildman–Crippen MR) is 82.1 cm³/mol. The van der Waals surface area contributed by atoms with Crippen molar-refractivity contribution in [2.75, 3.05) is 5.32 Å². The number of nitrogens with zero attached hydrogens (tertiary/aromatic N) is 2. The number of aryl methyl sites for hydroxylation is 1. The lowest BCUT2D eigenvalue weighted by molar-refractivity contribution is 0.628. The fourth-order valence-electron chi connectivity index (χ4n) is 2.16. The van der Waals surface area contributed by atoms with E-state index in [9.17, 15) is 4.39 Å². The maximum absolute atomic E-state index is 13.2. The van der Waals surface area contributed by atoms with Crippen molar-refractivity contribution in [1.82, 2.24) is 9.55 Å². The molecule has 0 atom stereocenters. The van der Waals surface area contributed by atoms with Gasteiger partial charge in [-0.2, -0.15) is 0 Å². The number of nitrogens with one attached hydrogen (secondary N) is 1. The third kappa shape index (κ3) is 2.41. The minimum absolute atomic E-state index is 0.263. The highest BCUT2D eigenvalue weighted by Gasteiger charge is 2.08. The summed E-state index contributed by atoms with van der Waals surface area (Å²) in [6.45, 7) is 0.535. The van der Waals surface area contributed by atoms with Gasteiger partial charge < -0.3 is 9.88 Å². The zero-order chi connectivity index (χ0) is 14.1. The highest BCUT2D eigenvalue weighted by molar-refractivity contribution is 9.10. The van der Waals surface area contributed by atoms with Crippen LogP contribution in [0, 0.1) is 5.82 Å². The lowest BCUT2D eigenvalue weighted by atomic mass is 10.3. The minimum atomic E-state index is -0.263. The van der Waals surface area contributed by atoms with Crippen LogP contribution in [-0.2, 0) is 13.6 Å². The summed E-state index contributed by atoms with van der Waals surface area (Å²) in [7, 11) is 1.98. The van der Waals surface area contributed by atoms with Gasteiger partial charge in [0, 0.05) is 11.5 Å². The number of fused-ring (bicyclic) bond motifs is 1. The van der Waals surface area contributed by atoms with Crippen molar-refractivity contribution in [2.24, 2.45) is 7.05 Å². The summed E-state index contributed by atoms with van der Waals surface area (Å²) in [6, 6.07) is 12.5. The Morgan fingerprint density at radius 1 is 1.25 bits per heavy atom. The Bertz CT molecular complexity index is 767. The molecule has 0 aliphatic heterocycles. The number of anilines is 1. The Hall–Kier alpha value is -1.88. The molecular weight excluding hydrogens is 321 g/mol. The number of imidazole rings is 1. The third-order valence-electron chi connectivity index (χ3n) is 3.25. The average molecular weight is 334 g/mol. The number of hydrogen-bond acceptors (Lipinski definition) is 2. The molecule has 0 unspecified atom stereocenters. The first-order valence-electron chi connectivity index (χ1n) is 6.24. The van der Waals surface area contributed by atoms with Crippen LogP contribution >= 0.6 is 15.9 Å². The van der Waals surface area contributed by atoms with E-state index in [-0.39, 0.29) is 5.82 Å². The molecule has 1 heterocycles. The van der Waals surface area contributed by atoms with E-state index < -0.39 is 0 Å². The maximum atomic E-state index is 13.2. The van der Waals surface area contributed by atoms with Gasteiger partial charge in [0.2, 0.25) is 0 Å². The molecular formula is C15H13BrFN3. The van der Waals surface area contributed by atoms with E-state index in [1.54, 1.807) is 6.07 Å². The van der Waals surface area contributed by atoms with Crippen LogP contribution in [-0.4, -0.2) is 9.55 Å². The van der Waals surface area contributed by atoms with E-state index in [0.717, 1.165) is 27.0 Å². The zero-order valence-corrected chi connectivity index (χ0v) is 12.5. The van der Waals surface area contributed by atoms with Gasteiger partial charge in [-0.25, -0.2) is 9.37 Å². The Morgan fingerprint density at radius 3 is 2.85 bits per heavy atom. The van der Waals surface area contributed by atoms with Crippen LogP contribution in [0.4, 0.5) is 10.1 Å². The van der Waals surface area contributed by atoms with Crippen molar-refractivity contribution in [1.29, 1.82) is 0 Å². The van der Waals surface area contributed by atoms with Gasteiger partial charge in [-0.15, -0.1) is 0 Å². The van der Waals surface area contributed by atoms with Crippen molar-refractivity contribution in [2.45, 2.75) is 6.54 Å². The van der Waals surface area contributed by atoms with Gasteiger partial charge in [-0.3, -0.25) is 0 Å². The summed E-state index contributed by atoms with van der Waals surface area (Å²) in [5, 5.41) is 3.20. The molecule has 20 heavy (non-hydrogen) atoms.